The van der Waals surface area contributed by atoms with Crippen LogP contribution in [0.2, 0.25) is 0 Å². The molecular formula is C20H18F3N3O3S. The van der Waals surface area contributed by atoms with Crippen LogP contribution in [0.15, 0.2) is 64.0 Å². The van der Waals surface area contributed by atoms with Crippen LogP contribution in [0.25, 0.3) is 11.4 Å². The van der Waals surface area contributed by atoms with Crippen molar-refractivity contribution in [2.24, 2.45) is 5.41 Å². The van der Waals surface area contributed by atoms with E-state index in [1.54, 1.807) is 18.2 Å². The van der Waals surface area contributed by atoms with Crippen LogP contribution in [-0.4, -0.2) is 24.6 Å². The molecule has 0 amide bonds. The first kappa shape index (κ1) is 20.5. The maximum Gasteiger partial charge on any atom is 0.417 e. The lowest BCUT2D eigenvalue weighted by atomic mass is 10.1. The second kappa shape index (κ2) is 6.92. The second-order valence-electron chi connectivity index (χ2n) is 7.71. The van der Waals surface area contributed by atoms with E-state index in [2.05, 4.69) is 14.9 Å². The van der Waals surface area contributed by atoms with Gasteiger partial charge in [0, 0.05) is 11.6 Å². The molecule has 30 heavy (non-hydrogen) atoms. The summed E-state index contributed by atoms with van der Waals surface area (Å²) in [6.07, 6.45) is -4.57. The molecule has 4 rings (SSSR count). The molecular weight excluding hydrogens is 419 g/mol. The number of benzene rings is 2. The normalized spacial score (nSPS) is 20.8. The standard InChI is InChI=1S/C20H18F3N3O3S/c1-19(2)15(16(19)26-30(27,28)12-8-4-3-5-9-12)18-24-17(25-29-18)13-10-6-7-11-14(13)20(21,22)23/h3-11,15-16,26H,1-2H3/t15-,16-/m1/s1. The summed E-state index contributed by atoms with van der Waals surface area (Å²) in [5, 5.41) is 3.71. The Morgan fingerprint density at radius 1 is 1.03 bits per heavy atom. The quantitative estimate of drug-likeness (QED) is 0.646. The summed E-state index contributed by atoms with van der Waals surface area (Å²) in [5.74, 6) is -0.562. The van der Waals surface area contributed by atoms with Gasteiger partial charge in [-0.1, -0.05) is 55.4 Å². The van der Waals surface area contributed by atoms with Crippen molar-refractivity contribution in [2.45, 2.75) is 36.9 Å². The van der Waals surface area contributed by atoms with Crippen LogP contribution in [0, 0.1) is 5.41 Å². The number of alkyl halides is 3. The van der Waals surface area contributed by atoms with Gasteiger partial charge in [0.15, 0.2) is 0 Å². The molecule has 0 saturated heterocycles. The van der Waals surface area contributed by atoms with Crippen molar-refractivity contribution >= 4 is 10.0 Å². The highest BCUT2D eigenvalue weighted by Gasteiger charge is 2.63. The molecule has 2 atom stereocenters. The van der Waals surface area contributed by atoms with E-state index in [9.17, 15) is 21.6 Å². The predicted molar refractivity (Wildman–Crippen MR) is 102 cm³/mol. The van der Waals surface area contributed by atoms with Crippen molar-refractivity contribution in [3.05, 3.63) is 66.1 Å². The topological polar surface area (TPSA) is 85.1 Å². The smallest absolute Gasteiger partial charge is 0.339 e. The third-order valence-corrected chi connectivity index (χ3v) is 6.80. The lowest BCUT2D eigenvalue weighted by Gasteiger charge is -2.09. The summed E-state index contributed by atoms with van der Waals surface area (Å²) in [5.41, 5.74) is -1.61. The van der Waals surface area contributed by atoms with Crippen LogP contribution in [-0.2, 0) is 16.2 Å². The Morgan fingerprint density at radius 3 is 2.33 bits per heavy atom. The first-order valence-electron chi connectivity index (χ1n) is 9.09. The largest absolute Gasteiger partial charge is 0.417 e. The molecule has 0 unspecified atom stereocenters. The first-order valence-corrected chi connectivity index (χ1v) is 10.6. The minimum Gasteiger partial charge on any atom is -0.339 e. The number of hydrogen-bond acceptors (Lipinski definition) is 5. The van der Waals surface area contributed by atoms with E-state index < -0.39 is 39.1 Å². The zero-order chi connectivity index (χ0) is 21.7. The number of nitrogens with zero attached hydrogens (tertiary/aromatic N) is 2. The molecule has 0 radical (unpaired) electrons. The van der Waals surface area contributed by atoms with E-state index in [1.165, 1.54) is 30.3 Å². The summed E-state index contributed by atoms with van der Waals surface area (Å²) in [6, 6.07) is 12.3. The van der Waals surface area contributed by atoms with Crippen LogP contribution >= 0.6 is 0 Å². The summed E-state index contributed by atoms with van der Waals surface area (Å²) in [7, 11) is -3.77. The number of halogens is 3. The van der Waals surface area contributed by atoms with Gasteiger partial charge in [-0.05, 0) is 23.6 Å². The van der Waals surface area contributed by atoms with E-state index in [0.29, 0.717) is 0 Å². The molecule has 1 fully saturated rings. The average Bonchev–Trinajstić information content (AvgIpc) is 3.03. The van der Waals surface area contributed by atoms with Crippen molar-refractivity contribution < 1.29 is 26.1 Å². The van der Waals surface area contributed by atoms with Gasteiger partial charge in [-0.15, -0.1) is 0 Å². The Bertz CT molecular complexity index is 1170. The molecule has 1 N–H and O–H groups in total. The van der Waals surface area contributed by atoms with Gasteiger partial charge in [-0.3, -0.25) is 0 Å². The van der Waals surface area contributed by atoms with E-state index in [1.807, 2.05) is 13.8 Å². The second-order valence-corrected chi connectivity index (χ2v) is 9.42. The molecule has 0 aliphatic heterocycles. The fourth-order valence-corrected chi connectivity index (χ4v) is 4.98. The molecule has 2 aromatic carbocycles. The van der Waals surface area contributed by atoms with Crippen LogP contribution in [0.1, 0.15) is 31.2 Å². The van der Waals surface area contributed by atoms with Gasteiger partial charge in [0.05, 0.1) is 16.4 Å². The average molecular weight is 437 g/mol. The molecule has 10 heteroatoms. The Labute approximate surface area is 171 Å². The summed E-state index contributed by atoms with van der Waals surface area (Å²) in [4.78, 5) is 4.27. The third kappa shape index (κ3) is 3.61. The zero-order valence-electron chi connectivity index (χ0n) is 16.0. The molecule has 1 aromatic heterocycles. The van der Waals surface area contributed by atoms with Gasteiger partial charge in [0.1, 0.15) is 0 Å². The fraction of sp³-hybridized carbons (Fsp3) is 0.300. The van der Waals surface area contributed by atoms with Gasteiger partial charge in [0.25, 0.3) is 0 Å². The first-order chi connectivity index (χ1) is 14.0. The van der Waals surface area contributed by atoms with Gasteiger partial charge in [-0.2, -0.15) is 18.2 Å². The van der Waals surface area contributed by atoms with E-state index >= 15 is 0 Å². The van der Waals surface area contributed by atoms with Crippen molar-refractivity contribution in [3.8, 4) is 11.4 Å². The maximum atomic E-state index is 13.3. The van der Waals surface area contributed by atoms with Crippen LogP contribution in [0.3, 0.4) is 0 Å². The van der Waals surface area contributed by atoms with Crippen molar-refractivity contribution in [1.82, 2.24) is 14.9 Å². The minimum atomic E-state index is -4.57. The van der Waals surface area contributed by atoms with Crippen molar-refractivity contribution in [1.29, 1.82) is 0 Å². The molecule has 1 aliphatic carbocycles. The summed E-state index contributed by atoms with van der Waals surface area (Å²) < 4.78 is 73.0. The molecule has 0 spiro atoms. The van der Waals surface area contributed by atoms with Gasteiger partial charge in [-0.25, -0.2) is 13.1 Å². The SMILES string of the molecule is CC1(C)[C@H](NS(=O)(=O)c2ccccc2)[C@@H]1c1nc(-c2ccccc2C(F)(F)F)no1. The van der Waals surface area contributed by atoms with E-state index in [4.69, 9.17) is 4.52 Å². The molecule has 1 heterocycles. The third-order valence-electron chi connectivity index (χ3n) is 5.34. The van der Waals surface area contributed by atoms with Crippen LogP contribution in [0.4, 0.5) is 13.2 Å². The molecule has 1 aliphatic rings. The molecule has 158 valence electrons. The monoisotopic (exact) mass is 437 g/mol. The lowest BCUT2D eigenvalue weighted by molar-refractivity contribution is -0.137. The lowest BCUT2D eigenvalue weighted by Crippen LogP contribution is -2.29. The Kier molecular flexibility index (Phi) is 4.74. The van der Waals surface area contributed by atoms with E-state index in [0.717, 1.165) is 6.07 Å². The van der Waals surface area contributed by atoms with E-state index in [-0.39, 0.29) is 22.2 Å². The van der Waals surface area contributed by atoms with Gasteiger partial charge in [0.2, 0.25) is 21.7 Å². The number of rotatable bonds is 5. The fourth-order valence-electron chi connectivity index (χ4n) is 3.55. The molecule has 0 bridgehead atoms. The number of nitrogens with one attached hydrogen (secondary N) is 1. The van der Waals surface area contributed by atoms with Crippen molar-refractivity contribution in [2.75, 3.05) is 0 Å². The molecule has 3 aromatic rings. The summed E-state index contributed by atoms with van der Waals surface area (Å²) in [6.45, 7) is 3.65. The highest BCUT2D eigenvalue weighted by atomic mass is 32.2. The number of hydrogen-bond donors (Lipinski definition) is 1. The minimum absolute atomic E-state index is 0.0905. The zero-order valence-corrected chi connectivity index (χ0v) is 16.8. The van der Waals surface area contributed by atoms with Gasteiger partial charge < -0.3 is 4.52 Å². The Balaban J connectivity index is 1.61. The highest BCUT2D eigenvalue weighted by Crippen LogP contribution is 2.58. The Morgan fingerprint density at radius 2 is 1.67 bits per heavy atom. The van der Waals surface area contributed by atoms with Gasteiger partial charge >= 0.3 is 6.18 Å². The maximum absolute atomic E-state index is 13.3. The predicted octanol–water partition coefficient (Wildman–Crippen LogP) is 4.23. The van der Waals surface area contributed by atoms with Crippen LogP contribution < -0.4 is 4.72 Å². The Hall–Kier alpha value is -2.72. The molecule has 6 nitrogen and oxygen atoms in total. The highest BCUT2D eigenvalue weighted by molar-refractivity contribution is 7.89. The van der Waals surface area contributed by atoms with Crippen LogP contribution in [0.5, 0.6) is 0 Å². The molecule has 1 saturated carbocycles. The number of aromatic nitrogens is 2. The summed E-state index contributed by atoms with van der Waals surface area (Å²) >= 11 is 0. The van der Waals surface area contributed by atoms with Crippen molar-refractivity contribution in [3.63, 3.8) is 0 Å². The number of sulfonamides is 1.